The molecule has 0 amide bonds. The number of aryl methyl sites for hydroxylation is 1. The Bertz CT molecular complexity index is 256. The topological polar surface area (TPSA) is 9.23 Å². The second-order valence-corrected chi connectivity index (χ2v) is 4.00. The van der Waals surface area contributed by atoms with Crippen LogP contribution in [-0.4, -0.2) is 7.11 Å². The van der Waals surface area contributed by atoms with E-state index in [0.717, 1.165) is 20.8 Å². The maximum atomic E-state index is 6.00. The highest BCUT2D eigenvalue weighted by molar-refractivity contribution is 14.1. The first-order valence-corrected chi connectivity index (χ1v) is 5.16. The third-order valence-corrected chi connectivity index (χ3v) is 2.90. The van der Waals surface area contributed by atoms with Crippen molar-refractivity contribution < 1.29 is 4.74 Å². The molecule has 1 aromatic carbocycles. The van der Waals surface area contributed by atoms with E-state index in [1.165, 1.54) is 5.56 Å². The predicted molar refractivity (Wildman–Crippen MR) is 60.1 cm³/mol. The normalized spacial score (nSPS) is 10.0. The molecule has 12 heavy (non-hydrogen) atoms. The van der Waals surface area contributed by atoms with Gasteiger partial charge in [0.1, 0.15) is 5.75 Å². The lowest BCUT2D eigenvalue weighted by Gasteiger charge is -2.06. The van der Waals surface area contributed by atoms with Crippen molar-refractivity contribution in [3.8, 4) is 5.75 Å². The minimum atomic E-state index is 0.787. The Labute approximate surface area is 91.2 Å². The molecular weight excluding hydrogens is 286 g/mol. The largest absolute Gasteiger partial charge is 0.496 e. The summed E-state index contributed by atoms with van der Waals surface area (Å²) >= 11 is 8.24. The molecule has 1 aromatic rings. The number of hydrogen-bond donors (Lipinski definition) is 0. The fourth-order valence-corrected chi connectivity index (χ4v) is 2.04. The summed E-state index contributed by atoms with van der Waals surface area (Å²) in [4.78, 5) is 0. The summed E-state index contributed by atoms with van der Waals surface area (Å²) in [5.74, 6) is 0.845. The monoisotopic (exact) mass is 296 g/mol. The number of methoxy groups -OCH3 is 1. The van der Waals surface area contributed by atoms with Gasteiger partial charge in [-0.1, -0.05) is 18.5 Å². The predicted octanol–water partition coefficient (Wildman–Crippen LogP) is 3.52. The highest BCUT2D eigenvalue weighted by atomic mass is 127. The third kappa shape index (κ3) is 2.04. The molecule has 0 unspecified atom stereocenters. The van der Waals surface area contributed by atoms with Gasteiger partial charge in [0.05, 0.1) is 10.7 Å². The molecule has 0 N–H and O–H groups in total. The molecule has 1 nitrogen and oxygen atoms in total. The number of benzene rings is 1. The van der Waals surface area contributed by atoms with Crippen LogP contribution in [0.3, 0.4) is 0 Å². The summed E-state index contributed by atoms with van der Waals surface area (Å²) in [5, 5.41) is 0.787. The van der Waals surface area contributed by atoms with Crippen LogP contribution in [0, 0.1) is 3.57 Å². The van der Waals surface area contributed by atoms with Crippen molar-refractivity contribution in [3.05, 3.63) is 26.3 Å². The van der Waals surface area contributed by atoms with E-state index in [1.807, 2.05) is 6.07 Å². The first-order chi connectivity index (χ1) is 5.69. The Morgan fingerprint density at radius 3 is 2.67 bits per heavy atom. The van der Waals surface area contributed by atoms with Gasteiger partial charge in [0.25, 0.3) is 0 Å². The van der Waals surface area contributed by atoms with Crippen molar-refractivity contribution in [3.63, 3.8) is 0 Å². The van der Waals surface area contributed by atoms with Gasteiger partial charge in [-0.2, -0.15) is 0 Å². The van der Waals surface area contributed by atoms with Crippen LogP contribution >= 0.6 is 34.2 Å². The van der Waals surface area contributed by atoms with Gasteiger partial charge in [-0.05, 0) is 40.6 Å². The van der Waals surface area contributed by atoms with Gasteiger partial charge in [-0.15, -0.1) is 0 Å². The van der Waals surface area contributed by atoms with Gasteiger partial charge in [0.2, 0.25) is 0 Å². The van der Waals surface area contributed by atoms with E-state index in [9.17, 15) is 0 Å². The Morgan fingerprint density at radius 2 is 2.17 bits per heavy atom. The minimum Gasteiger partial charge on any atom is -0.496 e. The van der Waals surface area contributed by atoms with E-state index in [4.69, 9.17) is 16.3 Å². The standard InChI is InChI=1S/C9H10ClIO/c1-3-6-4-8(11)9(12-2)5-7(6)10/h4-5H,3H2,1-2H3. The third-order valence-electron chi connectivity index (χ3n) is 1.70. The van der Waals surface area contributed by atoms with Crippen LogP contribution in [0.5, 0.6) is 5.75 Å². The molecule has 0 bridgehead atoms. The Morgan fingerprint density at radius 1 is 1.50 bits per heavy atom. The molecule has 0 heterocycles. The Balaban J connectivity index is 3.16. The summed E-state index contributed by atoms with van der Waals surface area (Å²) < 4.78 is 6.24. The molecule has 0 atom stereocenters. The maximum Gasteiger partial charge on any atom is 0.133 e. The molecule has 66 valence electrons. The zero-order chi connectivity index (χ0) is 9.14. The highest BCUT2D eigenvalue weighted by Crippen LogP contribution is 2.28. The number of ether oxygens (including phenoxy) is 1. The zero-order valence-electron chi connectivity index (χ0n) is 7.03. The molecule has 0 aliphatic carbocycles. The van der Waals surface area contributed by atoms with Crippen molar-refractivity contribution in [2.45, 2.75) is 13.3 Å². The lowest BCUT2D eigenvalue weighted by atomic mass is 10.2. The summed E-state index contributed by atoms with van der Waals surface area (Å²) in [5.41, 5.74) is 1.17. The van der Waals surface area contributed by atoms with E-state index in [1.54, 1.807) is 7.11 Å². The van der Waals surface area contributed by atoms with Gasteiger partial charge < -0.3 is 4.74 Å². The zero-order valence-corrected chi connectivity index (χ0v) is 9.94. The van der Waals surface area contributed by atoms with Crippen molar-refractivity contribution in [1.82, 2.24) is 0 Å². The van der Waals surface area contributed by atoms with Crippen molar-refractivity contribution in [2.75, 3.05) is 7.11 Å². The van der Waals surface area contributed by atoms with Crippen molar-refractivity contribution in [1.29, 1.82) is 0 Å². The minimum absolute atomic E-state index is 0.787. The first kappa shape index (κ1) is 10.1. The van der Waals surface area contributed by atoms with E-state index in [-0.39, 0.29) is 0 Å². The number of rotatable bonds is 2. The van der Waals surface area contributed by atoms with E-state index in [0.29, 0.717) is 0 Å². The highest BCUT2D eigenvalue weighted by Gasteiger charge is 2.04. The van der Waals surface area contributed by atoms with Crippen molar-refractivity contribution in [2.24, 2.45) is 0 Å². The molecule has 0 saturated heterocycles. The van der Waals surface area contributed by atoms with Crippen LogP contribution in [0.25, 0.3) is 0 Å². The smallest absolute Gasteiger partial charge is 0.133 e. The lowest BCUT2D eigenvalue weighted by Crippen LogP contribution is -1.90. The van der Waals surface area contributed by atoms with Gasteiger partial charge in [0.15, 0.2) is 0 Å². The molecular formula is C9H10ClIO. The maximum absolute atomic E-state index is 6.00. The Hall–Kier alpha value is 0.0400. The number of halogens is 2. The van der Waals surface area contributed by atoms with Crippen LogP contribution < -0.4 is 4.74 Å². The quantitative estimate of drug-likeness (QED) is 0.759. The average Bonchev–Trinajstić information content (AvgIpc) is 2.08. The summed E-state index contributed by atoms with van der Waals surface area (Å²) in [7, 11) is 1.65. The van der Waals surface area contributed by atoms with Gasteiger partial charge in [0, 0.05) is 11.1 Å². The summed E-state index contributed by atoms with van der Waals surface area (Å²) in [6.45, 7) is 2.09. The summed E-state index contributed by atoms with van der Waals surface area (Å²) in [6, 6.07) is 3.92. The van der Waals surface area contributed by atoms with E-state index < -0.39 is 0 Å². The SMILES string of the molecule is CCc1cc(I)c(OC)cc1Cl. The summed E-state index contributed by atoms with van der Waals surface area (Å²) in [6.07, 6.45) is 0.957. The molecule has 0 aliphatic heterocycles. The van der Waals surface area contributed by atoms with E-state index >= 15 is 0 Å². The van der Waals surface area contributed by atoms with Crippen LogP contribution in [0.4, 0.5) is 0 Å². The second kappa shape index (κ2) is 4.33. The molecule has 0 fully saturated rings. The van der Waals surface area contributed by atoms with Gasteiger partial charge in [-0.25, -0.2) is 0 Å². The molecule has 0 spiro atoms. The van der Waals surface area contributed by atoms with Crippen LogP contribution in [0.15, 0.2) is 12.1 Å². The molecule has 3 heteroatoms. The molecule has 0 radical (unpaired) electrons. The Kier molecular flexibility index (Phi) is 3.65. The van der Waals surface area contributed by atoms with Crippen molar-refractivity contribution >= 4 is 34.2 Å². The first-order valence-electron chi connectivity index (χ1n) is 3.71. The number of hydrogen-bond acceptors (Lipinski definition) is 1. The average molecular weight is 297 g/mol. The van der Waals surface area contributed by atoms with Gasteiger partial charge in [-0.3, -0.25) is 0 Å². The lowest BCUT2D eigenvalue weighted by molar-refractivity contribution is 0.411. The molecule has 1 rings (SSSR count). The van der Waals surface area contributed by atoms with E-state index in [2.05, 4.69) is 35.6 Å². The van der Waals surface area contributed by atoms with Crippen LogP contribution in [-0.2, 0) is 6.42 Å². The fraction of sp³-hybridized carbons (Fsp3) is 0.333. The molecule has 0 saturated carbocycles. The molecule has 0 aromatic heterocycles. The van der Waals surface area contributed by atoms with Gasteiger partial charge >= 0.3 is 0 Å². The van der Waals surface area contributed by atoms with Crippen LogP contribution in [0.1, 0.15) is 12.5 Å². The molecule has 0 aliphatic rings. The second-order valence-electron chi connectivity index (χ2n) is 2.43. The fourth-order valence-electron chi connectivity index (χ4n) is 0.997. The van der Waals surface area contributed by atoms with Crippen LogP contribution in [0.2, 0.25) is 5.02 Å².